The van der Waals surface area contributed by atoms with Crippen LogP contribution in [0.1, 0.15) is 40.0 Å². The third-order valence-electron chi connectivity index (χ3n) is 5.32. The molecule has 1 N–H and O–H groups in total. The van der Waals surface area contributed by atoms with Gasteiger partial charge in [-0.15, -0.1) is 5.10 Å². The molecule has 1 unspecified atom stereocenters. The van der Waals surface area contributed by atoms with E-state index in [4.69, 9.17) is 8.83 Å². The van der Waals surface area contributed by atoms with Gasteiger partial charge in [0.25, 0.3) is 5.91 Å². The van der Waals surface area contributed by atoms with E-state index < -0.39 is 0 Å². The van der Waals surface area contributed by atoms with Crippen LogP contribution in [-0.4, -0.2) is 61.6 Å². The van der Waals surface area contributed by atoms with Crippen molar-refractivity contribution in [3.05, 3.63) is 59.0 Å². The highest BCUT2D eigenvalue weighted by molar-refractivity contribution is 7.17. The van der Waals surface area contributed by atoms with Gasteiger partial charge in [0.1, 0.15) is 11.8 Å². The average molecular weight is 427 g/mol. The van der Waals surface area contributed by atoms with Gasteiger partial charge in [-0.3, -0.25) is 9.69 Å². The molecule has 1 amide bonds. The summed E-state index contributed by atoms with van der Waals surface area (Å²) in [4.78, 5) is 22.4. The van der Waals surface area contributed by atoms with Crippen molar-refractivity contribution in [2.24, 2.45) is 0 Å². The Morgan fingerprint density at radius 1 is 1.20 bits per heavy atom. The van der Waals surface area contributed by atoms with Gasteiger partial charge in [-0.25, -0.2) is 4.98 Å². The molecule has 5 rings (SSSR count). The van der Waals surface area contributed by atoms with Crippen LogP contribution in [0.25, 0.3) is 4.96 Å². The van der Waals surface area contributed by atoms with Crippen LogP contribution in [0.2, 0.25) is 0 Å². The van der Waals surface area contributed by atoms with Crippen molar-refractivity contribution in [1.82, 2.24) is 24.4 Å². The number of amides is 1. The Bertz CT molecular complexity index is 1140. The van der Waals surface area contributed by atoms with Gasteiger partial charge in [0, 0.05) is 32.6 Å². The van der Waals surface area contributed by atoms with Gasteiger partial charge in [0.2, 0.25) is 10.8 Å². The Morgan fingerprint density at radius 3 is 2.60 bits per heavy atom. The Kier molecular flexibility index (Phi) is 4.80. The number of rotatable bonds is 5. The smallest absolute Gasteiger partial charge is 0.289 e. The Morgan fingerprint density at radius 2 is 1.97 bits per heavy atom. The highest BCUT2D eigenvalue weighted by atomic mass is 32.1. The largest absolute Gasteiger partial charge is 0.492 e. The van der Waals surface area contributed by atoms with Crippen LogP contribution in [0, 0.1) is 0 Å². The molecule has 1 atom stereocenters. The third-order valence-corrected chi connectivity index (χ3v) is 6.39. The molecule has 30 heavy (non-hydrogen) atoms. The van der Waals surface area contributed by atoms with E-state index in [1.807, 2.05) is 19.1 Å². The number of furan rings is 2. The van der Waals surface area contributed by atoms with Crippen molar-refractivity contribution < 1.29 is 18.7 Å². The molecule has 1 saturated heterocycles. The molecule has 156 valence electrons. The van der Waals surface area contributed by atoms with Gasteiger partial charge >= 0.3 is 0 Å². The number of thiazole rings is 1. The fourth-order valence-electron chi connectivity index (χ4n) is 3.78. The molecule has 10 heteroatoms. The molecule has 4 aromatic heterocycles. The number of aromatic nitrogens is 3. The fourth-order valence-corrected chi connectivity index (χ4v) is 4.90. The minimum atomic E-state index is -0.278. The van der Waals surface area contributed by atoms with Crippen LogP contribution in [0.15, 0.2) is 45.6 Å². The molecule has 0 spiro atoms. The Balaban J connectivity index is 1.42. The molecule has 1 fully saturated rings. The minimum absolute atomic E-state index is 0.0812. The van der Waals surface area contributed by atoms with E-state index in [2.05, 4.69) is 15.0 Å². The maximum atomic E-state index is 12.6. The first-order chi connectivity index (χ1) is 14.7. The summed E-state index contributed by atoms with van der Waals surface area (Å²) in [6, 6.07) is 6.85. The van der Waals surface area contributed by atoms with E-state index in [0.29, 0.717) is 49.1 Å². The first-order valence-electron chi connectivity index (χ1n) is 9.83. The molecular formula is C20H21N5O4S. The van der Waals surface area contributed by atoms with E-state index in [1.54, 1.807) is 23.3 Å². The van der Waals surface area contributed by atoms with Crippen molar-refractivity contribution >= 4 is 22.2 Å². The molecule has 0 aliphatic carbocycles. The van der Waals surface area contributed by atoms with Gasteiger partial charge in [-0.1, -0.05) is 18.3 Å². The number of hydrogen-bond donors (Lipinski definition) is 1. The van der Waals surface area contributed by atoms with Crippen molar-refractivity contribution in [2.45, 2.75) is 19.4 Å². The lowest BCUT2D eigenvalue weighted by Gasteiger charge is -2.37. The summed E-state index contributed by atoms with van der Waals surface area (Å²) in [5, 5.41) is 15.3. The quantitative estimate of drug-likeness (QED) is 0.523. The summed E-state index contributed by atoms with van der Waals surface area (Å²) >= 11 is 1.41. The molecule has 5 heterocycles. The van der Waals surface area contributed by atoms with Crippen molar-refractivity contribution in [1.29, 1.82) is 0 Å². The third kappa shape index (κ3) is 3.17. The molecule has 4 aromatic rings. The number of fused-ring (bicyclic) bond motifs is 1. The van der Waals surface area contributed by atoms with Crippen molar-refractivity contribution in [3.8, 4) is 5.88 Å². The number of aryl methyl sites for hydroxylation is 1. The van der Waals surface area contributed by atoms with Gasteiger partial charge in [-0.05, 0) is 24.3 Å². The maximum Gasteiger partial charge on any atom is 0.289 e. The van der Waals surface area contributed by atoms with E-state index in [1.165, 1.54) is 22.1 Å². The number of carbonyl (C=O) groups excluding carboxylic acids is 1. The van der Waals surface area contributed by atoms with E-state index >= 15 is 0 Å². The summed E-state index contributed by atoms with van der Waals surface area (Å²) in [6.45, 7) is 4.35. The number of piperazine rings is 1. The zero-order valence-corrected chi connectivity index (χ0v) is 17.2. The van der Waals surface area contributed by atoms with Crippen molar-refractivity contribution in [3.63, 3.8) is 0 Å². The fraction of sp³-hybridized carbons (Fsp3) is 0.350. The molecule has 1 aliphatic rings. The molecule has 9 nitrogen and oxygen atoms in total. The summed E-state index contributed by atoms with van der Waals surface area (Å²) in [5.74, 6) is 1.75. The maximum absolute atomic E-state index is 12.6. The first kappa shape index (κ1) is 18.9. The van der Waals surface area contributed by atoms with Gasteiger partial charge in [0.05, 0.1) is 17.4 Å². The summed E-state index contributed by atoms with van der Waals surface area (Å²) in [6.07, 6.45) is 3.84. The zero-order chi connectivity index (χ0) is 20.7. The number of carbonyl (C=O) groups is 1. The van der Waals surface area contributed by atoms with Crippen LogP contribution in [-0.2, 0) is 6.42 Å². The van der Waals surface area contributed by atoms with Gasteiger partial charge in [0.15, 0.2) is 11.6 Å². The average Bonchev–Trinajstić information content (AvgIpc) is 3.56. The monoisotopic (exact) mass is 427 g/mol. The second-order valence-corrected chi connectivity index (χ2v) is 8.10. The lowest BCUT2D eigenvalue weighted by atomic mass is 10.1. The van der Waals surface area contributed by atoms with Crippen LogP contribution in [0.5, 0.6) is 5.88 Å². The molecule has 0 aromatic carbocycles. The predicted molar refractivity (Wildman–Crippen MR) is 109 cm³/mol. The molecular weight excluding hydrogens is 406 g/mol. The first-order valence-corrected chi connectivity index (χ1v) is 10.6. The Labute approximate surface area is 176 Å². The number of nitrogens with zero attached hydrogens (tertiary/aromatic N) is 5. The van der Waals surface area contributed by atoms with Gasteiger partial charge < -0.3 is 18.8 Å². The second-order valence-electron chi connectivity index (χ2n) is 7.09. The van der Waals surface area contributed by atoms with Crippen molar-refractivity contribution in [2.75, 3.05) is 26.2 Å². The van der Waals surface area contributed by atoms with E-state index in [-0.39, 0.29) is 17.8 Å². The van der Waals surface area contributed by atoms with E-state index in [9.17, 15) is 9.90 Å². The topological polar surface area (TPSA) is 100 Å². The highest BCUT2D eigenvalue weighted by Crippen LogP contribution is 2.40. The lowest BCUT2D eigenvalue weighted by molar-refractivity contribution is 0.0554. The standard InChI is InChI=1S/C20H21N5O4S/c1-2-15-21-20-25(22-15)19(27)17(30-20)16(13-5-3-11-28-13)23-7-9-24(10-8-23)18(26)14-6-4-12-29-14/h3-6,11-12,16,27H,2,7-10H2,1H3. The normalized spacial score (nSPS) is 16.4. The van der Waals surface area contributed by atoms with E-state index in [0.717, 1.165) is 10.6 Å². The minimum Gasteiger partial charge on any atom is -0.492 e. The molecule has 0 radical (unpaired) electrons. The van der Waals surface area contributed by atoms with Crippen LogP contribution < -0.4 is 0 Å². The Hall–Kier alpha value is -3.11. The SMILES string of the molecule is CCc1nc2sc(C(c3ccco3)N3CCN(C(=O)c4ccco4)CC3)c(O)n2n1. The van der Waals surface area contributed by atoms with Gasteiger partial charge in [-0.2, -0.15) is 4.52 Å². The lowest BCUT2D eigenvalue weighted by Crippen LogP contribution is -2.49. The second kappa shape index (κ2) is 7.62. The van der Waals surface area contributed by atoms with Crippen LogP contribution >= 0.6 is 11.3 Å². The summed E-state index contributed by atoms with van der Waals surface area (Å²) < 4.78 is 12.5. The number of aromatic hydroxyl groups is 1. The predicted octanol–water partition coefficient (Wildman–Crippen LogP) is 2.79. The molecule has 0 bridgehead atoms. The number of hydrogen-bond acceptors (Lipinski definition) is 8. The molecule has 1 aliphatic heterocycles. The summed E-state index contributed by atoms with van der Waals surface area (Å²) in [7, 11) is 0. The van der Waals surface area contributed by atoms with Crippen LogP contribution in [0.3, 0.4) is 0 Å². The molecule has 0 saturated carbocycles. The highest BCUT2D eigenvalue weighted by Gasteiger charge is 2.34. The zero-order valence-electron chi connectivity index (χ0n) is 16.4. The summed E-state index contributed by atoms with van der Waals surface area (Å²) in [5.41, 5.74) is 0. The van der Waals surface area contributed by atoms with Crippen LogP contribution in [0.4, 0.5) is 0 Å².